The number of nitrogens with zero attached hydrogens (tertiary/aromatic N) is 1. The number of para-hydroxylation sites is 1. The lowest BCUT2D eigenvalue weighted by atomic mass is 10.1. The molecule has 1 N–H and O–H groups in total. The molecule has 0 spiro atoms. The fraction of sp³-hybridized carbons (Fsp3) is 0.588. The summed E-state index contributed by atoms with van der Waals surface area (Å²) < 4.78 is 11.4. The molecule has 1 aromatic rings. The van der Waals surface area contributed by atoms with Gasteiger partial charge in [-0.15, -0.1) is 0 Å². The second kappa shape index (κ2) is 8.76. The molecule has 5 heteroatoms. The van der Waals surface area contributed by atoms with Crippen LogP contribution in [0, 0.1) is 6.92 Å². The zero-order chi connectivity index (χ0) is 15.8. The van der Waals surface area contributed by atoms with E-state index in [0.717, 1.165) is 37.2 Å². The van der Waals surface area contributed by atoms with Gasteiger partial charge in [-0.25, -0.2) is 0 Å². The number of carbonyl (C=O) groups is 1. The minimum absolute atomic E-state index is 0.00640. The Morgan fingerprint density at radius 2 is 2.05 bits per heavy atom. The highest BCUT2D eigenvalue weighted by atomic mass is 16.5. The molecule has 0 atom stereocenters. The van der Waals surface area contributed by atoms with Crippen LogP contribution in [0.3, 0.4) is 0 Å². The van der Waals surface area contributed by atoms with E-state index in [1.165, 1.54) is 0 Å². The van der Waals surface area contributed by atoms with Gasteiger partial charge in [0.25, 0.3) is 0 Å². The molecule has 0 saturated carbocycles. The van der Waals surface area contributed by atoms with Crippen molar-refractivity contribution in [1.82, 2.24) is 10.2 Å². The first-order chi connectivity index (χ1) is 10.7. The van der Waals surface area contributed by atoms with Crippen LogP contribution in [0.1, 0.15) is 18.4 Å². The maximum Gasteiger partial charge on any atom is 0.248 e. The number of amides is 1. The first-order valence-corrected chi connectivity index (χ1v) is 7.91. The quantitative estimate of drug-likeness (QED) is 0.831. The lowest BCUT2D eigenvalue weighted by molar-refractivity contribution is -0.137. The Morgan fingerprint density at radius 3 is 2.77 bits per heavy atom. The minimum atomic E-state index is 0.00640. The van der Waals surface area contributed by atoms with E-state index in [9.17, 15) is 4.79 Å². The second-order valence-corrected chi connectivity index (χ2v) is 5.69. The maximum atomic E-state index is 12.0. The van der Waals surface area contributed by atoms with Gasteiger partial charge in [0.1, 0.15) is 19.0 Å². The van der Waals surface area contributed by atoms with Gasteiger partial charge in [0.05, 0.1) is 12.6 Å². The van der Waals surface area contributed by atoms with E-state index in [0.29, 0.717) is 13.2 Å². The Bertz CT molecular complexity index is 473. The van der Waals surface area contributed by atoms with Crippen molar-refractivity contribution in [3.8, 4) is 5.75 Å². The normalized spacial score (nSPS) is 15.5. The van der Waals surface area contributed by atoms with Gasteiger partial charge < -0.3 is 19.7 Å². The SMILES string of the molecule is Cc1ccccc1OCCN(C)C(=O)COC1CCNCC1. The van der Waals surface area contributed by atoms with Gasteiger partial charge in [0, 0.05) is 7.05 Å². The number of carbonyl (C=O) groups excluding carboxylic acids is 1. The van der Waals surface area contributed by atoms with Crippen molar-refractivity contribution in [2.75, 3.05) is 39.9 Å². The number of rotatable bonds is 7. The van der Waals surface area contributed by atoms with Crippen LogP contribution in [-0.4, -0.2) is 56.8 Å². The fourth-order valence-corrected chi connectivity index (χ4v) is 2.40. The monoisotopic (exact) mass is 306 g/mol. The Balaban J connectivity index is 1.64. The number of ether oxygens (including phenoxy) is 2. The molecule has 1 saturated heterocycles. The highest BCUT2D eigenvalue weighted by Gasteiger charge is 2.16. The van der Waals surface area contributed by atoms with Crippen molar-refractivity contribution < 1.29 is 14.3 Å². The number of nitrogens with one attached hydrogen (secondary N) is 1. The molecule has 1 heterocycles. The van der Waals surface area contributed by atoms with Crippen molar-refractivity contribution >= 4 is 5.91 Å². The van der Waals surface area contributed by atoms with Crippen molar-refractivity contribution in [2.24, 2.45) is 0 Å². The van der Waals surface area contributed by atoms with Crippen molar-refractivity contribution in [3.05, 3.63) is 29.8 Å². The average molecular weight is 306 g/mol. The molecule has 2 rings (SSSR count). The molecular weight excluding hydrogens is 280 g/mol. The van der Waals surface area contributed by atoms with E-state index in [-0.39, 0.29) is 18.6 Å². The molecule has 1 aliphatic rings. The zero-order valence-corrected chi connectivity index (χ0v) is 13.5. The molecule has 122 valence electrons. The van der Waals surface area contributed by atoms with Crippen molar-refractivity contribution in [1.29, 1.82) is 0 Å². The lowest BCUT2D eigenvalue weighted by Gasteiger charge is -2.24. The van der Waals surface area contributed by atoms with Gasteiger partial charge in [-0.1, -0.05) is 18.2 Å². The maximum absolute atomic E-state index is 12.0. The van der Waals surface area contributed by atoms with Gasteiger partial charge in [0.15, 0.2) is 0 Å². The van der Waals surface area contributed by atoms with E-state index in [4.69, 9.17) is 9.47 Å². The molecule has 0 aromatic heterocycles. The first-order valence-electron chi connectivity index (χ1n) is 7.91. The van der Waals surface area contributed by atoms with Crippen LogP contribution in [0.5, 0.6) is 5.75 Å². The minimum Gasteiger partial charge on any atom is -0.491 e. The van der Waals surface area contributed by atoms with Crippen LogP contribution < -0.4 is 10.1 Å². The number of piperidine rings is 1. The topological polar surface area (TPSA) is 50.8 Å². The smallest absolute Gasteiger partial charge is 0.248 e. The third-order valence-electron chi connectivity index (χ3n) is 3.93. The molecule has 1 fully saturated rings. The van der Waals surface area contributed by atoms with Crippen LogP contribution in [0.4, 0.5) is 0 Å². The number of hydrogen-bond donors (Lipinski definition) is 1. The summed E-state index contributed by atoms with van der Waals surface area (Å²) in [5, 5.41) is 3.28. The summed E-state index contributed by atoms with van der Waals surface area (Å²) in [6.07, 6.45) is 2.17. The standard InChI is InChI=1S/C17H26N2O3/c1-14-5-3-4-6-16(14)21-12-11-19(2)17(20)13-22-15-7-9-18-10-8-15/h3-6,15,18H,7-13H2,1-2H3. The number of hydrogen-bond acceptors (Lipinski definition) is 4. The van der Waals surface area contributed by atoms with E-state index in [2.05, 4.69) is 5.32 Å². The lowest BCUT2D eigenvalue weighted by Crippen LogP contribution is -2.37. The molecule has 0 aliphatic carbocycles. The first kappa shape index (κ1) is 16.8. The second-order valence-electron chi connectivity index (χ2n) is 5.69. The largest absolute Gasteiger partial charge is 0.491 e. The number of benzene rings is 1. The van der Waals surface area contributed by atoms with E-state index >= 15 is 0 Å². The van der Waals surface area contributed by atoms with Crippen LogP contribution in [-0.2, 0) is 9.53 Å². The van der Waals surface area contributed by atoms with E-state index < -0.39 is 0 Å². The van der Waals surface area contributed by atoms with Crippen LogP contribution in [0.15, 0.2) is 24.3 Å². The third-order valence-corrected chi connectivity index (χ3v) is 3.93. The summed E-state index contributed by atoms with van der Waals surface area (Å²) in [6.45, 7) is 5.16. The van der Waals surface area contributed by atoms with E-state index in [1.54, 1.807) is 11.9 Å². The number of aryl methyl sites for hydroxylation is 1. The fourth-order valence-electron chi connectivity index (χ4n) is 2.40. The summed E-state index contributed by atoms with van der Waals surface area (Å²) in [5.74, 6) is 0.876. The summed E-state index contributed by atoms with van der Waals surface area (Å²) in [6, 6.07) is 7.88. The molecule has 1 amide bonds. The molecule has 0 bridgehead atoms. The van der Waals surface area contributed by atoms with Gasteiger partial charge in [0.2, 0.25) is 5.91 Å². The Morgan fingerprint density at radius 1 is 1.32 bits per heavy atom. The highest BCUT2D eigenvalue weighted by molar-refractivity contribution is 5.77. The molecular formula is C17H26N2O3. The number of likely N-dealkylation sites (N-methyl/N-ethyl adjacent to an activating group) is 1. The average Bonchev–Trinajstić information content (AvgIpc) is 2.55. The summed E-state index contributed by atoms with van der Waals surface area (Å²) in [5.41, 5.74) is 1.10. The molecule has 0 radical (unpaired) electrons. The van der Waals surface area contributed by atoms with E-state index in [1.807, 2.05) is 31.2 Å². The summed E-state index contributed by atoms with van der Waals surface area (Å²) in [4.78, 5) is 13.7. The predicted octanol–water partition coefficient (Wildman–Crippen LogP) is 1.60. The molecule has 1 aliphatic heterocycles. The zero-order valence-electron chi connectivity index (χ0n) is 13.5. The third kappa shape index (κ3) is 5.31. The Labute approximate surface area is 132 Å². The van der Waals surface area contributed by atoms with Crippen LogP contribution in [0.25, 0.3) is 0 Å². The van der Waals surface area contributed by atoms with Gasteiger partial charge in [-0.2, -0.15) is 0 Å². The van der Waals surface area contributed by atoms with Gasteiger partial charge in [-0.05, 0) is 44.5 Å². The predicted molar refractivity (Wildman–Crippen MR) is 86.2 cm³/mol. The molecule has 5 nitrogen and oxygen atoms in total. The molecule has 1 aromatic carbocycles. The van der Waals surface area contributed by atoms with Gasteiger partial charge in [-0.3, -0.25) is 4.79 Å². The molecule has 0 unspecified atom stereocenters. The van der Waals surface area contributed by atoms with Crippen LogP contribution in [0.2, 0.25) is 0 Å². The van der Waals surface area contributed by atoms with Crippen LogP contribution >= 0.6 is 0 Å². The van der Waals surface area contributed by atoms with Gasteiger partial charge >= 0.3 is 0 Å². The molecule has 22 heavy (non-hydrogen) atoms. The van der Waals surface area contributed by atoms with Crippen molar-refractivity contribution in [2.45, 2.75) is 25.9 Å². The summed E-state index contributed by atoms with van der Waals surface area (Å²) >= 11 is 0. The highest BCUT2D eigenvalue weighted by Crippen LogP contribution is 2.15. The summed E-state index contributed by atoms with van der Waals surface area (Å²) in [7, 11) is 1.79. The van der Waals surface area contributed by atoms with Crippen molar-refractivity contribution in [3.63, 3.8) is 0 Å². The Hall–Kier alpha value is -1.59. The Kier molecular flexibility index (Phi) is 6.68.